The SMILES string of the molecule is Cn1ncc2c1Nc1ccccc1N(C(=O)C1CCC(C)(C)CC1)C2. The Hall–Kier alpha value is -2.30. The molecule has 2 aliphatic rings. The second-order valence-electron chi connectivity index (χ2n) is 8.15. The minimum Gasteiger partial charge on any atom is -0.338 e. The van der Waals surface area contributed by atoms with Crippen molar-refractivity contribution in [2.45, 2.75) is 46.1 Å². The smallest absolute Gasteiger partial charge is 0.230 e. The first-order chi connectivity index (χ1) is 11.9. The minimum absolute atomic E-state index is 0.124. The summed E-state index contributed by atoms with van der Waals surface area (Å²) in [4.78, 5) is 15.3. The number of hydrogen-bond acceptors (Lipinski definition) is 3. The Morgan fingerprint density at radius 2 is 1.96 bits per heavy atom. The molecule has 1 fully saturated rings. The molecule has 25 heavy (non-hydrogen) atoms. The second-order valence-corrected chi connectivity index (χ2v) is 8.15. The predicted molar refractivity (Wildman–Crippen MR) is 99.9 cm³/mol. The van der Waals surface area contributed by atoms with Crippen LogP contribution in [-0.2, 0) is 18.4 Å². The molecule has 5 nitrogen and oxygen atoms in total. The molecule has 1 saturated carbocycles. The van der Waals surface area contributed by atoms with Gasteiger partial charge in [0.25, 0.3) is 0 Å². The maximum atomic E-state index is 13.4. The Balaban J connectivity index is 1.67. The van der Waals surface area contributed by atoms with Gasteiger partial charge in [-0.1, -0.05) is 26.0 Å². The predicted octanol–water partition coefficient (Wildman–Crippen LogP) is 4.23. The molecule has 1 aliphatic carbocycles. The van der Waals surface area contributed by atoms with E-state index in [9.17, 15) is 4.79 Å². The lowest BCUT2D eigenvalue weighted by Gasteiger charge is -2.36. The van der Waals surface area contributed by atoms with Crippen molar-refractivity contribution in [2.24, 2.45) is 18.4 Å². The lowest BCUT2D eigenvalue weighted by Crippen LogP contribution is -2.38. The Bertz CT molecular complexity index is 798. The molecular weight excluding hydrogens is 312 g/mol. The first-order valence-electron chi connectivity index (χ1n) is 9.13. The monoisotopic (exact) mass is 338 g/mol. The van der Waals surface area contributed by atoms with Gasteiger partial charge in [-0.05, 0) is 43.2 Å². The average molecular weight is 338 g/mol. The number of nitrogens with zero attached hydrogens (tertiary/aromatic N) is 3. The molecule has 0 saturated heterocycles. The van der Waals surface area contributed by atoms with Gasteiger partial charge < -0.3 is 10.2 Å². The largest absolute Gasteiger partial charge is 0.338 e. The first-order valence-corrected chi connectivity index (χ1v) is 9.13. The zero-order valence-corrected chi connectivity index (χ0v) is 15.2. The third-order valence-electron chi connectivity index (χ3n) is 5.75. The summed E-state index contributed by atoms with van der Waals surface area (Å²) in [5, 5.41) is 7.81. The third-order valence-corrected chi connectivity index (χ3v) is 5.75. The highest BCUT2D eigenvalue weighted by Gasteiger charge is 2.35. The number of aromatic nitrogens is 2. The standard InChI is InChI=1S/C20H26N4O/c1-20(2)10-8-14(9-11-20)19(25)24-13-15-12-21-23(3)18(15)22-16-6-4-5-7-17(16)24/h4-7,12,14,22H,8-11,13H2,1-3H3. The van der Waals surface area contributed by atoms with E-state index >= 15 is 0 Å². The first kappa shape index (κ1) is 16.2. The molecule has 4 rings (SSSR count). The summed E-state index contributed by atoms with van der Waals surface area (Å²) in [7, 11) is 1.93. The van der Waals surface area contributed by atoms with Crippen molar-refractivity contribution in [3.05, 3.63) is 36.0 Å². The molecule has 0 atom stereocenters. The van der Waals surface area contributed by atoms with Crippen LogP contribution in [0.1, 0.15) is 45.1 Å². The molecule has 0 bridgehead atoms. The van der Waals surface area contributed by atoms with Gasteiger partial charge in [0, 0.05) is 18.5 Å². The summed E-state index contributed by atoms with van der Waals surface area (Å²) >= 11 is 0. The summed E-state index contributed by atoms with van der Waals surface area (Å²) < 4.78 is 1.84. The average Bonchev–Trinajstić information content (AvgIpc) is 2.84. The number of carbonyl (C=O) groups excluding carboxylic acids is 1. The summed E-state index contributed by atoms with van der Waals surface area (Å²) in [6.07, 6.45) is 6.07. The minimum atomic E-state index is 0.124. The van der Waals surface area contributed by atoms with Crippen molar-refractivity contribution in [3.8, 4) is 0 Å². The second kappa shape index (κ2) is 5.90. The van der Waals surface area contributed by atoms with E-state index in [2.05, 4.69) is 24.3 Å². The van der Waals surface area contributed by atoms with Gasteiger partial charge in [0.05, 0.1) is 24.1 Å². The number of amides is 1. The maximum absolute atomic E-state index is 13.4. The number of benzene rings is 1. The number of carbonyl (C=O) groups is 1. The molecule has 0 unspecified atom stereocenters. The molecule has 132 valence electrons. The molecule has 1 aromatic carbocycles. The van der Waals surface area contributed by atoms with E-state index in [0.29, 0.717) is 12.0 Å². The summed E-state index contributed by atoms with van der Waals surface area (Å²) in [5.41, 5.74) is 3.36. The lowest BCUT2D eigenvalue weighted by molar-refractivity contribution is -0.124. The van der Waals surface area contributed by atoms with Crippen LogP contribution in [-0.4, -0.2) is 15.7 Å². The van der Waals surface area contributed by atoms with Crippen LogP contribution < -0.4 is 10.2 Å². The fourth-order valence-corrected chi connectivity index (χ4v) is 4.02. The quantitative estimate of drug-likeness (QED) is 0.847. The number of aryl methyl sites for hydroxylation is 1. The maximum Gasteiger partial charge on any atom is 0.230 e. The molecule has 2 aromatic rings. The van der Waals surface area contributed by atoms with E-state index < -0.39 is 0 Å². The number of rotatable bonds is 1. The van der Waals surface area contributed by atoms with E-state index in [4.69, 9.17) is 0 Å². The number of fused-ring (bicyclic) bond motifs is 2. The van der Waals surface area contributed by atoms with Gasteiger partial charge in [0.15, 0.2) is 0 Å². The summed E-state index contributed by atoms with van der Waals surface area (Å²) in [5.74, 6) is 1.34. The Morgan fingerprint density at radius 1 is 1.24 bits per heavy atom. The highest BCUT2D eigenvalue weighted by Crippen LogP contribution is 2.41. The van der Waals surface area contributed by atoms with Gasteiger partial charge in [-0.15, -0.1) is 0 Å². The van der Waals surface area contributed by atoms with Crippen LogP contribution in [0.15, 0.2) is 30.5 Å². The van der Waals surface area contributed by atoms with Crippen molar-refractivity contribution in [1.29, 1.82) is 0 Å². The van der Waals surface area contributed by atoms with Gasteiger partial charge in [0.1, 0.15) is 5.82 Å². The molecule has 1 aromatic heterocycles. The highest BCUT2D eigenvalue weighted by molar-refractivity contribution is 5.99. The molecule has 5 heteroatoms. The summed E-state index contributed by atoms with van der Waals surface area (Å²) in [6.45, 7) is 5.19. The van der Waals surface area contributed by atoms with Gasteiger partial charge in [-0.2, -0.15) is 5.10 Å². The van der Waals surface area contributed by atoms with E-state index in [1.54, 1.807) is 0 Å². The molecule has 1 aliphatic heterocycles. The van der Waals surface area contributed by atoms with Crippen LogP contribution in [0.4, 0.5) is 17.2 Å². The molecule has 1 N–H and O–H groups in total. The third kappa shape index (κ3) is 2.92. The van der Waals surface area contributed by atoms with Gasteiger partial charge in [-0.25, -0.2) is 0 Å². The zero-order valence-electron chi connectivity index (χ0n) is 15.2. The Morgan fingerprint density at radius 3 is 2.72 bits per heavy atom. The van der Waals surface area contributed by atoms with Crippen molar-refractivity contribution >= 4 is 23.1 Å². The van der Waals surface area contributed by atoms with Crippen LogP contribution in [0.5, 0.6) is 0 Å². The number of hydrogen-bond donors (Lipinski definition) is 1. The van der Waals surface area contributed by atoms with Crippen LogP contribution >= 0.6 is 0 Å². The van der Waals surface area contributed by atoms with E-state index in [1.807, 2.05) is 47.1 Å². The van der Waals surface area contributed by atoms with Gasteiger partial charge in [-0.3, -0.25) is 9.48 Å². The molecule has 2 heterocycles. The topological polar surface area (TPSA) is 50.2 Å². The Kier molecular flexibility index (Phi) is 3.82. The fraction of sp³-hybridized carbons (Fsp3) is 0.500. The summed E-state index contributed by atoms with van der Waals surface area (Å²) in [6, 6.07) is 8.06. The van der Waals surface area contributed by atoms with Gasteiger partial charge >= 0.3 is 0 Å². The van der Waals surface area contributed by atoms with Crippen molar-refractivity contribution in [2.75, 3.05) is 10.2 Å². The van der Waals surface area contributed by atoms with Crippen molar-refractivity contribution in [3.63, 3.8) is 0 Å². The normalized spacial score (nSPS) is 19.6. The lowest BCUT2D eigenvalue weighted by atomic mass is 9.73. The van der Waals surface area contributed by atoms with Gasteiger partial charge in [0.2, 0.25) is 5.91 Å². The van der Waals surface area contributed by atoms with Crippen molar-refractivity contribution < 1.29 is 4.79 Å². The molecular formula is C20H26N4O. The molecule has 0 radical (unpaired) electrons. The van der Waals surface area contributed by atoms with E-state index in [-0.39, 0.29) is 11.8 Å². The van der Waals surface area contributed by atoms with Crippen LogP contribution in [0, 0.1) is 11.3 Å². The van der Waals surface area contributed by atoms with E-state index in [0.717, 1.165) is 48.4 Å². The fourth-order valence-electron chi connectivity index (χ4n) is 4.02. The van der Waals surface area contributed by atoms with E-state index in [1.165, 1.54) is 0 Å². The van der Waals surface area contributed by atoms with Crippen molar-refractivity contribution in [1.82, 2.24) is 9.78 Å². The van der Waals surface area contributed by atoms with Crippen LogP contribution in [0.3, 0.4) is 0 Å². The number of nitrogens with one attached hydrogen (secondary N) is 1. The number of anilines is 3. The Labute approximate surface area is 149 Å². The van der Waals surface area contributed by atoms with Crippen LogP contribution in [0.25, 0.3) is 0 Å². The number of para-hydroxylation sites is 2. The van der Waals surface area contributed by atoms with Crippen LogP contribution in [0.2, 0.25) is 0 Å². The zero-order chi connectivity index (χ0) is 17.6. The molecule has 1 amide bonds. The molecule has 0 spiro atoms. The highest BCUT2D eigenvalue weighted by atomic mass is 16.2.